The molecular weight excluding hydrogens is 330 g/mol. The smallest absolute Gasteiger partial charge is 0.320 e. The lowest BCUT2D eigenvalue weighted by Crippen LogP contribution is -2.54. The number of aromatic nitrogens is 2. The number of imidazole rings is 1. The molecule has 2 aliphatic rings. The van der Waals surface area contributed by atoms with Gasteiger partial charge in [0.15, 0.2) is 0 Å². The number of rotatable bonds is 2. The number of likely N-dealkylation sites (N-methyl/N-ethyl adjacent to an activating group) is 1. The highest BCUT2D eigenvalue weighted by Gasteiger charge is 2.30. The molecule has 1 unspecified atom stereocenters. The largest absolute Gasteiger partial charge is 0.378 e. The number of benzene rings is 1. The second-order valence-electron chi connectivity index (χ2n) is 7.19. The van der Waals surface area contributed by atoms with Gasteiger partial charge in [0.05, 0.1) is 30.3 Å². The van der Waals surface area contributed by atoms with Gasteiger partial charge in [-0.2, -0.15) is 0 Å². The van der Waals surface area contributed by atoms with Crippen LogP contribution in [0.1, 0.15) is 12.8 Å². The second kappa shape index (κ2) is 7.15. The van der Waals surface area contributed by atoms with E-state index in [-0.39, 0.29) is 12.1 Å². The van der Waals surface area contributed by atoms with E-state index in [1.165, 1.54) is 0 Å². The van der Waals surface area contributed by atoms with Crippen LogP contribution in [0.4, 0.5) is 10.7 Å². The van der Waals surface area contributed by atoms with Crippen LogP contribution in [0.15, 0.2) is 24.3 Å². The van der Waals surface area contributed by atoms with Crippen molar-refractivity contribution in [1.82, 2.24) is 19.4 Å². The summed E-state index contributed by atoms with van der Waals surface area (Å²) in [6, 6.07) is 8.54. The van der Waals surface area contributed by atoms with Crippen molar-refractivity contribution >= 4 is 23.0 Å². The molecule has 26 heavy (non-hydrogen) atoms. The fourth-order valence-corrected chi connectivity index (χ4v) is 4.00. The number of para-hydroxylation sites is 2. The lowest BCUT2D eigenvalue weighted by molar-refractivity contribution is 0.0413. The number of urea groups is 1. The Morgan fingerprint density at radius 3 is 2.77 bits per heavy atom. The molecule has 0 radical (unpaired) electrons. The summed E-state index contributed by atoms with van der Waals surface area (Å²) in [5, 5.41) is 0. The van der Waals surface area contributed by atoms with E-state index in [9.17, 15) is 4.79 Å². The third-order valence-corrected chi connectivity index (χ3v) is 5.57. The summed E-state index contributed by atoms with van der Waals surface area (Å²) in [5.41, 5.74) is 2.16. The van der Waals surface area contributed by atoms with E-state index < -0.39 is 0 Å². The van der Waals surface area contributed by atoms with Gasteiger partial charge in [0, 0.05) is 40.3 Å². The molecular formula is C19H27N5O2. The van der Waals surface area contributed by atoms with Gasteiger partial charge in [-0.1, -0.05) is 12.1 Å². The van der Waals surface area contributed by atoms with Gasteiger partial charge in [0.2, 0.25) is 5.95 Å². The number of ether oxygens (including phenoxy) is 1. The van der Waals surface area contributed by atoms with Crippen LogP contribution in [0, 0.1) is 0 Å². The van der Waals surface area contributed by atoms with Gasteiger partial charge >= 0.3 is 6.03 Å². The van der Waals surface area contributed by atoms with Crippen molar-refractivity contribution in [3.05, 3.63) is 24.3 Å². The number of hydrogen-bond donors (Lipinski definition) is 0. The molecule has 2 saturated heterocycles. The first kappa shape index (κ1) is 17.1. The zero-order valence-corrected chi connectivity index (χ0v) is 15.6. The third-order valence-electron chi connectivity index (χ3n) is 5.57. The summed E-state index contributed by atoms with van der Waals surface area (Å²) >= 11 is 0. The number of anilines is 1. The fraction of sp³-hybridized carbons (Fsp3) is 0.579. The number of carbonyl (C=O) groups is 1. The topological polar surface area (TPSA) is 53.8 Å². The van der Waals surface area contributed by atoms with Gasteiger partial charge in [-0.05, 0) is 25.0 Å². The van der Waals surface area contributed by atoms with Crippen molar-refractivity contribution in [2.45, 2.75) is 18.9 Å². The minimum atomic E-state index is 0.116. The van der Waals surface area contributed by atoms with Gasteiger partial charge in [0.1, 0.15) is 0 Å². The minimum absolute atomic E-state index is 0.116. The predicted molar refractivity (Wildman–Crippen MR) is 102 cm³/mol. The third kappa shape index (κ3) is 3.11. The second-order valence-corrected chi connectivity index (χ2v) is 7.19. The number of hydrogen-bond acceptors (Lipinski definition) is 4. The Labute approximate surface area is 154 Å². The van der Waals surface area contributed by atoms with E-state index in [1.54, 1.807) is 0 Å². The lowest BCUT2D eigenvalue weighted by atomic mass is 10.1. The van der Waals surface area contributed by atoms with E-state index in [2.05, 4.69) is 22.6 Å². The molecule has 7 nitrogen and oxygen atoms in total. The van der Waals surface area contributed by atoms with Gasteiger partial charge in [-0.25, -0.2) is 9.78 Å². The molecule has 1 atom stereocenters. The summed E-state index contributed by atoms with van der Waals surface area (Å²) in [6.45, 7) is 4.44. The van der Waals surface area contributed by atoms with Gasteiger partial charge in [-0.15, -0.1) is 0 Å². The maximum absolute atomic E-state index is 12.8. The highest BCUT2D eigenvalue weighted by Crippen LogP contribution is 2.25. The van der Waals surface area contributed by atoms with Crippen LogP contribution in [-0.2, 0) is 11.8 Å². The van der Waals surface area contributed by atoms with E-state index in [0.29, 0.717) is 26.3 Å². The van der Waals surface area contributed by atoms with Crippen LogP contribution in [-0.4, -0.2) is 77.9 Å². The summed E-state index contributed by atoms with van der Waals surface area (Å²) in [4.78, 5) is 23.8. The molecule has 0 bridgehead atoms. The van der Waals surface area contributed by atoms with Crippen molar-refractivity contribution in [1.29, 1.82) is 0 Å². The van der Waals surface area contributed by atoms with E-state index in [0.717, 1.165) is 42.9 Å². The zero-order valence-electron chi connectivity index (χ0n) is 15.6. The zero-order chi connectivity index (χ0) is 18.1. The molecule has 0 aliphatic carbocycles. The van der Waals surface area contributed by atoms with Crippen molar-refractivity contribution in [3.8, 4) is 0 Å². The van der Waals surface area contributed by atoms with Crippen LogP contribution in [0.5, 0.6) is 0 Å². The summed E-state index contributed by atoms with van der Waals surface area (Å²) in [6.07, 6.45) is 2.10. The molecule has 7 heteroatoms. The average Bonchev–Trinajstić information content (AvgIpc) is 3.04. The summed E-state index contributed by atoms with van der Waals surface area (Å²) in [5.74, 6) is 0.989. The molecule has 140 valence electrons. The highest BCUT2D eigenvalue weighted by molar-refractivity contribution is 5.79. The monoisotopic (exact) mass is 357 g/mol. The molecule has 2 aromatic rings. The molecule has 1 aromatic carbocycles. The number of fused-ring (bicyclic) bond motifs is 1. The first-order valence-corrected chi connectivity index (χ1v) is 9.41. The Morgan fingerprint density at radius 2 is 2.00 bits per heavy atom. The first-order valence-electron chi connectivity index (χ1n) is 9.41. The van der Waals surface area contributed by atoms with Crippen LogP contribution in [0.2, 0.25) is 0 Å². The van der Waals surface area contributed by atoms with E-state index in [4.69, 9.17) is 9.72 Å². The summed E-state index contributed by atoms with van der Waals surface area (Å²) in [7, 11) is 4.00. The number of carbonyl (C=O) groups excluding carboxylic acids is 1. The standard InChI is InChI=1S/C19H27N5O2/c1-21(19(25)23-10-12-26-13-11-23)15-6-5-9-24(14-15)18-20-16-7-3-4-8-17(16)22(18)2/h3-4,7-8,15H,5-6,9-14H2,1-2H3. The Hall–Kier alpha value is -2.28. The first-order chi connectivity index (χ1) is 12.6. The van der Waals surface area contributed by atoms with Crippen molar-refractivity contribution in [2.75, 3.05) is 51.3 Å². The van der Waals surface area contributed by atoms with Crippen molar-refractivity contribution < 1.29 is 9.53 Å². The molecule has 0 saturated carbocycles. The van der Waals surface area contributed by atoms with Gasteiger partial charge in [-0.3, -0.25) is 0 Å². The maximum Gasteiger partial charge on any atom is 0.320 e. The van der Waals surface area contributed by atoms with Gasteiger partial charge in [0.25, 0.3) is 0 Å². The molecule has 0 spiro atoms. The van der Waals surface area contributed by atoms with E-state index in [1.807, 2.05) is 35.0 Å². The molecule has 2 fully saturated rings. The molecule has 3 heterocycles. The maximum atomic E-state index is 12.8. The van der Waals surface area contributed by atoms with Crippen molar-refractivity contribution in [3.63, 3.8) is 0 Å². The van der Waals surface area contributed by atoms with Crippen LogP contribution in [0.3, 0.4) is 0 Å². The summed E-state index contributed by atoms with van der Waals surface area (Å²) < 4.78 is 7.51. The number of piperidine rings is 1. The molecule has 1 aromatic heterocycles. The minimum Gasteiger partial charge on any atom is -0.378 e. The Morgan fingerprint density at radius 1 is 1.23 bits per heavy atom. The molecule has 2 amide bonds. The highest BCUT2D eigenvalue weighted by atomic mass is 16.5. The van der Waals surface area contributed by atoms with Crippen LogP contribution in [0.25, 0.3) is 11.0 Å². The van der Waals surface area contributed by atoms with Gasteiger partial charge < -0.3 is 24.0 Å². The van der Waals surface area contributed by atoms with E-state index >= 15 is 0 Å². The molecule has 0 N–H and O–H groups in total. The molecule has 4 rings (SSSR count). The Kier molecular flexibility index (Phi) is 4.72. The van der Waals surface area contributed by atoms with Crippen LogP contribution >= 0.6 is 0 Å². The number of morpholine rings is 1. The fourth-order valence-electron chi connectivity index (χ4n) is 4.00. The normalized spacial score (nSPS) is 21.2. The predicted octanol–water partition coefficient (Wildman–Crippen LogP) is 1.93. The Balaban J connectivity index is 1.49. The lowest BCUT2D eigenvalue weighted by Gasteiger charge is -2.40. The molecule has 2 aliphatic heterocycles. The average molecular weight is 357 g/mol. The number of aryl methyl sites for hydroxylation is 1. The van der Waals surface area contributed by atoms with Crippen molar-refractivity contribution in [2.24, 2.45) is 7.05 Å². The van der Waals surface area contributed by atoms with Crippen LogP contribution < -0.4 is 4.90 Å². The Bertz CT molecular complexity index is 783. The quantitative estimate of drug-likeness (QED) is 0.824. The number of nitrogens with zero attached hydrogens (tertiary/aromatic N) is 5. The number of amides is 2. The SMILES string of the molecule is CN(C(=O)N1CCOCC1)C1CCCN(c2nc3ccccc3n2C)C1.